The molecule has 9 heteroatoms. The van der Waals surface area contributed by atoms with Crippen molar-refractivity contribution in [1.29, 1.82) is 0 Å². The Bertz CT molecular complexity index is 707. The van der Waals surface area contributed by atoms with E-state index in [1.54, 1.807) is 6.07 Å². The molecule has 0 spiro atoms. The van der Waals surface area contributed by atoms with Crippen LogP contribution in [0.3, 0.4) is 0 Å². The number of hydrogen-bond donors (Lipinski definition) is 3. The van der Waals surface area contributed by atoms with Gasteiger partial charge >= 0.3 is 7.60 Å². The zero-order valence-electron chi connectivity index (χ0n) is 11.0. The van der Waals surface area contributed by atoms with Crippen LogP contribution in [-0.4, -0.2) is 36.3 Å². The molecular formula is C11H16N2O5P2. The highest BCUT2D eigenvalue weighted by Gasteiger charge is 2.41. The summed E-state index contributed by atoms with van der Waals surface area (Å²) < 4.78 is 24.7. The number of fused-ring (bicyclic) bond motifs is 1. The van der Waals surface area contributed by atoms with Crippen molar-refractivity contribution in [2.45, 2.75) is 18.9 Å². The summed E-state index contributed by atoms with van der Waals surface area (Å²) in [6.07, 6.45) is 1.42. The minimum atomic E-state index is -4.69. The molecule has 7 nitrogen and oxygen atoms in total. The molecular weight excluding hydrogens is 302 g/mol. The minimum absolute atomic E-state index is 0.255. The van der Waals surface area contributed by atoms with Gasteiger partial charge < -0.3 is 19.2 Å². The molecule has 0 aliphatic carbocycles. The van der Waals surface area contributed by atoms with Crippen LogP contribution in [0.15, 0.2) is 24.5 Å². The molecule has 20 heavy (non-hydrogen) atoms. The van der Waals surface area contributed by atoms with Crippen molar-refractivity contribution in [2.24, 2.45) is 0 Å². The number of aromatic nitrogens is 2. The molecule has 110 valence electrons. The molecule has 3 N–H and O–H groups in total. The first-order valence-electron chi connectivity index (χ1n) is 5.85. The van der Waals surface area contributed by atoms with E-state index < -0.39 is 20.4 Å². The topological polar surface area (TPSA) is 113 Å². The first kappa shape index (κ1) is 15.4. The Morgan fingerprint density at radius 1 is 1.30 bits per heavy atom. The largest absolute Gasteiger partial charge is 0.344 e. The third-order valence-electron chi connectivity index (χ3n) is 3.08. The number of hydrogen-bond acceptors (Lipinski definition) is 3. The number of rotatable bonds is 4. The highest BCUT2D eigenvalue weighted by molar-refractivity contribution is 7.73. The zero-order chi connectivity index (χ0) is 15.1. The summed E-state index contributed by atoms with van der Waals surface area (Å²) >= 11 is 0. The van der Waals surface area contributed by atoms with Crippen molar-refractivity contribution in [3.8, 4) is 0 Å². The molecule has 0 aliphatic heterocycles. The molecule has 0 fully saturated rings. The van der Waals surface area contributed by atoms with Gasteiger partial charge in [0.25, 0.3) is 0 Å². The van der Waals surface area contributed by atoms with Gasteiger partial charge in [-0.05, 0) is 24.6 Å². The van der Waals surface area contributed by atoms with Gasteiger partial charge in [-0.1, -0.05) is 6.07 Å². The number of nitrogens with zero attached hydrogens (tertiary/aromatic N) is 2. The van der Waals surface area contributed by atoms with Gasteiger partial charge in [-0.15, -0.1) is 0 Å². The van der Waals surface area contributed by atoms with E-state index in [1.165, 1.54) is 10.9 Å². The van der Waals surface area contributed by atoms with Crippen LogP contribution in [0.4, 0.5) is 0 Å². The molecule has 0 saturated heterocycles. The van der Waals surface area contributed by atoms with E-state index >= 15 is 0 Å². The first-order chi connectivity index (χ1) is 9.09. The van der Waals surface area contributed by atoms with Gasteiger partial charge in [0.1, 0.15) is 0 Å². The fourth-order valence-electron chi connectivity index (χ4n) is 2.03. The molecule has 2 atom stereocenters. The van der Waals surface area contributed by atoms with Crippen LogP contribution < -0.4 is 0 Å². The van der Waals surface area contributed by atoms with Crippen molar-refractivity contribution in [3.63, 3.8) is 0 Å². The maximum absolute atomic E-state index is 11.7. The van der Waals surface area contributed by atoms with Gasteiger partial charge in [-0.2, -0.15) is 0 Å². The standard InChI is InChI=1S/C11H16N2O5P2/c1-8-3-4-9-10(5-8)13(7-12-9)6-11(19(2,14)15)20(16,17)18/h3-5,7,11H,6H2,1-2H3,(H,14,15)(H2,16,17,18). The molecule has 1 heterocycles. The summed E-state index contributed by atoms with van der Waals surface area (Å²) in [5, 5.41) is -1.63. The fourth-order valence-corrected chi connectivity index (χ4v) is 5.13. The molecule has 2 unspecified atom stereocenters. The summed E-state index contributed by atoms with van der Waals surface area (Å²) in [5.74, 6) is 0. The van der Waals surface area contributed by atoms with E-state index in [0.29, 0.717) is 11.0 Å². The van der Waals surface area contributed by atoms with E-state index in [1.807, 2.05) is 19.1 Å². The van der Waals surface area contributed by atoms with Crippen LogP contribution in [0, 0.1) is 6.92 Å². The second-order valence-corrected chi connectivity index (χ2v) is 9.62. The average molecular weight is 318 g/mol. The van der Waals surface area contributed by atoms with E-state index in [0.717, 1.165) is 12.2 Å². The summed E-state index contributed by atoms with van der Waals surface area (Å²) in [6, 6.07) is 5.48. The summed E-state index contributed by atoms with van der Waals surface area (Å²) in [7, 11) is -8.63. The number of imidazole rings is 1. The Balaban J connectivity index is 2.47. The molecule has 0 saturated carbocycles. The van der Waals surface area contributed by atoms with E-state index in [-0.39, 0.29) is 6.54 Å². The van der Waals surface area contributed by atoms with Crippen LogP contribution in [0.2, 0.25) is 0 Å². The predicted octanol–water partition coefficient (Wildman–Crippen LogP) is 1.75. The Kier molecular flexibility index (Phi) is 3.93. The lowest BCUT2D eigenvalue weighted by Crippen LogP contribution is -2.16. The fraction of sp³-hybridized carbons (Fsp3) is 0.364. The Labute approximate surface area is 115 Å². The summed E-state index contributed by atoms with van der Waals surface area (Å²) in [5.41, 5.74) is 2.32. The molecule has 1 aromatic heterocycles. The maximum atomic E-state index is 11.7. The summed E-state index contributed by atoms with van der Waals surface area (Å²) in [4.78, 5) is 32.3. The second-order valence-electron chi connectivity index (χ2n) is 4.90. The highest BCUT2D eigenvalue weighted by Crippen LogP contribution is 2.60. The SMILES string of the molecule is Cc1ccc2ncn(CC(P(C)(=O)O)P(=O)(O)O)c2c1. The Hall–Kier alpha value is -0.970. The van der Waals surface area contributed by atoms with Crippen molar-refractivity contribution in [3.05, 3.63) is 30.1 Å². The zero-order valence-corrected chi connectivity index (χ0v) is 12.8. The van der Waals surface area contributed by atoms with Crippen LogP contribution in [0.5, 0.6) is 0 Å². The summed E-state index contributed by atoms with van der Waals surface area (Å²) in [6.45, 7) is 2.59. The molecule has 0 radical (unpaired) electrons. The lowest BCUT2D eigenvalue weighted by Gasteiger charge is -2.21. The second kappa shape index (κ2) is 5.10. The van der Waals surface area contributed by atoms with Gasteiger partial charge in [0, 0.05) is 13.2 Å². The van der Waals surface area contributed by atoms with E-state index in [2.05, 4.69) is 4.98 Å². The van der Waals surface area contributed by atoms with E-state index in [9.17, 15) is 23.8 Å². The number of benzene rings is 1. The monoisotopic (exact) mass is 318 g/mol. The number of aryl methyl sites for hydroxylation is 1. The van der Waals surface area contributed by atoms with Crippen LogP contribution in [0.25, 0.3) is 11.0 Å². The normalized spacial score (nSPS) is 17.1. The van der Waals surface area contributed by atoms with Crippen molar-refractivity contribution in [1.82, 2.24) is 9.55 Å². The van der Waals surface area contributed by atoms with Crippen molar-refractivity contribution in [2.75, 3.05) is 6.66 Å². The van der Waals surface area contributed by atoms with Crippen LogP contribution in [-0.2, 0) is 15.7 Å². The minimum Gasteiger partial charge on any atom is -0.344 e. The molecule has 0 aliphatic rings. The van der Waals surface area contributed by atoms with E-state index in [4.69, 9.17) is 0 Å². The molecule has 1 aromatic carbocycles. The van der Waals surface area contributed by atoms with Gasteiger partial charge in [0.2, 0.25) is 7.37 Å². The average Bonchev–Trinajstić information content (AvgIpc) is 2.65. The van der Waals surface area contributed by atoms with Crippen LogP contribution >= 0.6 is 15.0 Å². The predicted molar refractivity (Wildman–Crippen MR) is 76.1 cm³/mol. The molecule has 0 bridgehead atoms. The Morgan fingerprint density at radius 2 is 1.95 bits per heavy atom. The van der Waals surface area contributed by atoms with Gasteiger partial charge in [-0.3, -0.25) is 9.13 Å². The quantitative estimate of drug-likeness (QED) is 0.740. The van der Waals surface area contributed by atoms with Crippen molar-refractivity contribution < 1.29 is 23.8 Å². The smallest absolute Gasteiger partial charge is 0.340 e. The lowest BCUT2D eigenvalue weighted by molar-refractivity contribution is 0.358. The lowest BCUT2D eigenvalue weighted by atomic mass is 10.2. The third-order valence-corrected chi connectivity index (χ3v) is 7.47. The Morgan fingerprint density at radius 3 is 2.50 bits per heavy atom. The van der Waals surface area contributed by atoms with Gasteiger partial charge in [0.05, 0.1) is 17.4 Å². The third kappa shape index (κ3) is 3.19. The van der Waals surface area contributed by atoms with Gasteiger partial charge in [0.15, 0.2) is 5.40 Å². The highest BCUT2D eigenvalue weighted by atomic mass is 31.2. The molecule has 2 aromatic rings. The molecule has 0 amide bonds. The van der Waals surface area contributed by atoms with Crippen molar-refractivity contribution >= 4 is 26.0 Å². The maximum Gasteiger partial charge on any atom is 0.340 e. The molecule has 2 rings (SSSR count). The van der Waals surface area contributed by atoms with Crippen LogP contribution in [0.1, 0.15) is 5.56 Å². The first-order valence-corrected chi connectivity index (χ1v) is 9.71. The van der Waals surface area contributed by atoms with Gasteiger partial charge in [-0.25, -0.2) is 4.98 Å².